The molecule has 1 heterocycles. The number of nitrogens with one attached hydrogen (secondary N) is 3. The molecule has 0 spiro atoms. The Kier molecular flexibility index (Phi) is 14.5. The van der Waals surface area contributed by atoms with Crippen LogP contribution in [0.5, 0.6) is 5.75 Å². The van der Waals surface area contributed by atoms with Crippen LogP contribution in [0.15, 0.2) is 120 Å². The van der Waals surface area contributed by atoms with Crippen LogP contribution < -0.4 is 20.7 Å². The fraction of sp³-hybridized carbons (Fsp3) is 0.156. The largest absolute Gasteiger partial charge is 0.491 e. The van der Waals surface area contributed by atoms with E-state index in [-0.39, 0.29) is 57.8 Å². The van der Waals surface area contributed by atoms with E-state index in [9.17, 15) is 55.7 Å². The molecule has 0 aliphatic carbocycles. The second-order valence-corrected chi connectivity index (χ2v) is 20.1. The van der Waals surface area contributed by atoms with E-state index < -0.39 is 89.4 Å². The maximum atomic E-state index is 12.5. The molecule has 0 aliphatic rings. The SMILES string of the molecule is CC(Nc1nc(Nc2ccc(N=Nc3ccc(S(=O)(=O)O)cc3)cc2OCCCS(=O)(=O)O)nc(Nc2ccc(N=Nc3ccc(S(=O)(=O)O)cc3)cc2S(=O)(=O)O)n1)S(=O)(=O)O. The molecule has 5 aromatic rings. The fourth-order valence-electron chi connectivity index (χ4n) is 4.76. The molecule has 1 unspecified atom stereocenters. The van der Waals surface area contributed by atoms with Gasteiger partial charge in [-0.05, 0) is 92.2 Å². The lowest BCUT2D eigenvalue weighted by Gasteiger charge is -2.16. The van der Waals surface area contributed by atoms with Crippen molar-refractivity contribution in [3.8, 4) is 5.75 Å². The normalized spacial score (nSPS) is 13.2. The smallest absolute Gasteiger partial charge is 0.296 e. The third kappa shape index (κ3) is 14.4. The van der Waals surface area contributed by atoms with Gasteiger partial charge in [-0.3, -0.25) is 22.8 Å². The van der Waals surface area contributed by atoms with Crippen molar-refractivity contribution >= 4 is 103 Å². The monoisotopic (exact) mass is 972 g/mol. The molecule has 1 aromatic heterocycles. The average Bonchev–Trinajstić information content (AvgIpc) is 3.17. The van der Waals surface area contributed by atoms with Crippen molar-refractivity contribution in [3.63, 3.8) is 0 Å². The molecule has 0 fully saturated rings. The van der Waals surface area contributed by atoms with Crippen LogP contribution in [0.1, 0.15) is 13.3 Å². The van der Waals surface area contributed by atoms with E-state index in [1.807, 2.05) is 0 Å². The minimum Gasteiger partial charge on any atom is -0.491 e. The molecule has 0 saturated carbocycles. The van der Waals surface area contributed by atoms with Crippen LogP contribution in [0, 0.1) is 0 Å². The molecular weight excluding hydrogens is 941 g/mol. The van der Waals surface area contributed by atoms with Gasteiger partial charge in [0.05, 0.1) is 56.3 Å². The van der Waals surface area contributed by atoms with Crippen LogP contribution in [0.25, 0.3) is 0 Å². The van der Waals surface area contributed by atoms with Gasteiger partial charge in [0.15, 0.2) is 5.37 Å². The molecule has 8 N–H and O–H groups in total. The lowest BCUT2D eigenvalue weighted by molar-refractivity contribution is 0.317. The molecule has 26 nitrogen and oxygen atoms in total. The van der Waals surface area contributed by atoms with Crippen molar-refractivity contribution in [1.29, 1.82) is 0 Å². The molecule has 4 aromatic carbocycles. The number of hydrogen-bond donors (Lipinski definition) is 8. The summed E-state index contributed by atoms with van der Waals surface area (Å²) in [5.41, 5.74) is -0.0411. The number of ether oxygens (including phenoxy) is 1. The van der Waals surface area contributed by atoms with Gasteiger partial charge in [-0.1, -0.05) is 0 Å². The Labute approximate surface area is 358 Å². The zero-order valence-corrected chi connectivity index (χ0v) is 35.8. The standard InChI is InChI=1S/C32H32N10O16S5/c1-19(60(46,47)48)33-30-36-31(34-26-13-7-22(17-28(26)58-15-2-16-59(43,44)45)41-39-20-3-9-24(10-4-20)61(49,50)51)38-32(37-30)35-27-14-8-23(18-29(27)63(55,56)57)42-40-21-5-11-25(12-6-21)62(52,53)54/h3-14,17-19H,2,15-16H2,1H3,(H,43,44,45)(H,46,47,48)(H,49,50,51)(H,52,53,54)(H,55,56,57)(H3,33,34,35,36,37,38). The summed E-state index contributed by atoms with van der Waals surface area (Å²) in [6.07, 6.45) is -0.189. The van der Waals surface area contributed by atoms with Gasteiger partial charge in [0.2, 0.25) is 17.8 Å². The minimum atomic E-state index is -5.04. The van der Waals surface area contributed by atoms with E-state index in [4.69, 9.17) is 13.8 Å². The van der Waals surface area contributed by atoms with Gasteiger partial charge in [-0.15, -0.1) is 0 Å². The Hall–Kier alpha value is -6.16. The van der Waals surface area contributed by atoms with E-state index in [0.29, 0.717) is 0 Å². The van der Waals surface area contributed by atoms with Crippen LogP contribution in [-0.2, 0) is 50.6 Å². The van der Waals surface area contributed by atoms with Crippen LogP contribution in [0.4, 0.5) is 52.0 Å². The molecule has 63 heavy (non-hydrogen) atoms. The fourth-order valence-corrected chi connectivity index (χ4v) is 7.12. The van der Waals surface area contributed by atoms with Crippen molar-refractivity contribution < 1.29 is 69.6 Å². The van der Waals surface area contributed by atoms with Gasteiger partial charge >= 0.3 is 0 Å². The first-order valence-electron chi connectivity index (χ1n) is 17.1. The predicted molar refractivity (Wildman–Crippen MR) is 221 cm³/mol. The second-order valence-electron chi connectivity index (χ2n) is 12.5. The van der Waals surface area contributed by atoms with Gasteiger partial charge in [0.25, 0.3) is 50.6 Å². The molecule has 0 aliphatic heterocycles. The molecule has 0 amide bonds. The van der Waals surface area contributed by atoms with E-state index in [2.05, 4.69) is 51.4 Å². The molecule has 31 heteroatoms. The maximum absolute atomic E-state index is 12.5. The lowest BCUT2D eigenvalue weighted by atomic mass is 10.2. The van der Waals surface area contributed by atoms with Crippen LogP contribution in [0.3, 0.4) is 0 Å². The second kappa shape index (κ2) is 19.1. The van der Waals surface area contributed by atoms with Crippen LogP contribution in [-0.4, -0.2) is 97.5 Å². The molecule has 1 atom stereocenters. The Bertz CT molecular complexity index is 3140. The topological polar surface area (TPSA) is 405 Å². The quantitative estimate of drug-likeness (QED) is 0.0298. The van der Waals surface area contributed by atoms with E-state index in [1.165, 1.54) is 48.5 Å². The molecule has 336 valence electrons. The van der Waals surface area contributed by atoms with Crippen molar-refractivity contribution in [2.24, 2.45) is 20.5 Å². The minimum absolute atomic E-state index is 0.0465. The zero-order valence-electron chi connectivity index (χ0n) is 31.7. The maximum Gasteiger partial charge on any atom is 0.296 e. The third-order valence-electron chi connectivity index (χ3n) is 7.75. The van der Waals surface area contributed by atoms with Gasteiger partial charge in [0, 0.05) is 6.07 Å². The first-order chi connectivity index (χ1) is 29.2. The van der Waals surface area contributed by atoms with Gasteiger partial charge in [0.1, 0.15) is 10.6 Å². The summed E-state index contributed by atoms with van der Waals surface area (Å²) in [4.78, 5) is 10.7. The Morgan fingerprint density at radius 2 is 0.984 bits per heavy atom. The van der Waals surface area contributed by atoms with Crippen molar-refractivity contribution in [2.45, 2.75) is 33.4 Å². The molecular formula is C32H32N10O16S5. The van der Waals surface area contributed by atoms with Crippen molar-refractivity contribution in [3.05, 3.63) is 84.9 Å². The summed E-state index contributed by atoms with van der Waals surface area (Å²) in [7, 11) is -23.1. The summed E-state index contributed by atoms with van der Waals surface area (Å²) >= 11 is 0. The molecule has 0 bridgehead atoms. The summed E-state index contributed by atoms with van der Waals surface area (Å²) in [6, 6.07) is 16.5. The third-order valence-corrected chi connectivity index (χ3v) is 12.2. The van der Waals surface area contributed by atoms with Gasteiger partial charge in [-0.25, -0.2) is 0 Å². The number of anilines is 5. The first kappa shape index (κ1) is 47.9. The van der Waals surface area contributed by atoms with Gasteiger partial charge < -0.3 is 20.7 Å². The van der Waals surface area contributed by atoms with E-state index >= 15 is 0 Å². The Balaban J connectivity index is 1.49. The highest BCUT2D eigenvalue weighted by atomic mass is 32.2. The summed E-state index contributed by atoms with van der Waals surface area (Å²) in [5.74, 6) is -2.11. The number of hydrogen-bond acceptors (Lipinski definition) is 21. The summed E-state index contributed by atoms with van der Waals surface area (Å²) < 4.78 is 170. The van der Waals surface area contributed by atoms with Gasteiger partial charge in [-0.2, -0.15) is 77.5 Å². The van der Waals surface area contributed by atoms with Crippen LogP contribution >= 0.6 is 0 Å². The molecule has 0 radical (unpaired) electrons. The summed E-state index contributed by atoms with van der Waals surface area (Å²) in [5, 5.41) is 21.8. The van der Waals surface area contributed by atoms with Crippen molar-refractivity contribution in [1.82, 2.24) is 15.0 Å². The number of aromatic nitrogens is 3. The van der Waals surface area contributed by atoms with E-state index in [0.717, 1.165) is 43.3 Å². The lowest BCUT2D eigenvalue weighted by Crippen LogP contribution is -2.27. The number of rotatable bonds is 19. The van der Waals surface area contributed by atoms with E-state index in [1.54, 1.807) is 0 Å². The van der Waals surface area contributed by atoms with Crippen molar-refractivity contribution in [2.75, 3.05) is 28.3 Å². The Morgan fingerprint density at radius 1 is 0.556 bits per heavy atom. The first-order valence-corrected chi connectivity index (χ1v) is 24.5. The zero-order chi connectivity index (χ0) is 46.4. The molecule has 5 rings (SSSR count). The molecule has 0 saturated heterocycles. The summed E-state index contributed by atoms with van der Waals surface area (Å²) in [6.45, 7) is 0.754. The Morgan fingerprint density at radius 3 is 1.44 bits per heavy atom. The highest BCUT2D eigenvalue weighted by Gasteiger charge is 2.22. The number of benzene rings is 4. The highest BCUT2D eigenvalue weighted by molar-refractivity contribution is 7.87. The van der Waals surface area contributed by atoms with Crippen LogP contribution in [0.2, 0.25) is 0 Å². The average molecular weight is 973 g/mol. The number of nitrogens with zero attached hydrogens (tertiary/aromatic N) is 7. The number of azo groups is 2. The highest BCUT2D eigenvalue weighted by Crippen LogP contribution is 2.34. The predicted octanol–water partition coefficient (Wildman–Crippen LogP) is 5.23.